The second kappa shape index (κ2) is 6.53. The van der Waals surface area contributed by atoms with Gasteiger partial charge < -0.3 is 15.1 Å². The van der Waals surface area contributed by atoms with Crippen LogP contribution in [-0.4, -0.2) is 26.0 Å². The number of hydrogen-bond acceptors (Lipinski definition) is 5. The van der Waals surface area contributed by atoms with Gasteiger partial charge in [-0.05, 0) is 31.2 Å². The van der Waals surface area contributed by atoms with Gasteiger partial charge in [-0.3, -0.25) is 4.68 Å². The zero-order valence-electron chi connectivity index (χ0n) is 13.6. The van der Waals surface area contributed by atoms with E-state index in [-0.39, 0.29) is 12.1 Å². The number of benzene rings is 1. The van der Waals surface area contributed by atoms with E-state index in [2.05, 4.69) is 25.9 Å². The number of hydrogen-bond donors (Lipinski definition) is 2. The van der Waals surface area contributed by atoms with Gasteiger partial charge in [0.2, 0.25) is 11.8 Å². The Hall–Kier alpha value is -3.16. The highest BCUT2D eigenvalue weighted by Crippen LogP contribution is 2.20. The number of rotatable bonds is 4. The average molecular weight is 326 g/mol. The second-order valence-corrected chi connectivity index (χ2v) is 5.47. The first-order chi connectivity index (χ1) is 11.5. The molecule has 0 bridgehead atoms. The van der Waals surface area contributed by atoms with E-state index in [0.717, 1.165) is 11.1 Å². The van der Waals surface area contributed by atoms with Crippen molar-refractivity contribution in [2.75, 3.05) is 5.32 Å². The fourth-order valence-corrected chi connectivity index (χ4v) is 2.22. The van der Waals surface area contributed by atoms with Crippen LogP contribution in [0.25, 0.3) is 11.5 Å². The van der Waals surface area contributed by atoms with Crippen LogP contribution in [0.2, 0.25) is 0 Å². The summed E-state index contributed by atoms with van der Waals surface area (Å²) < 4.78 is 7.06. The molecule has 0 saturated carbocycles. The summed E-state index contributed by atoms with van der Waals surface area (Å²) in [6, 6.07) is 6.76. The van der Waals surface area contributed by atoms with Crippen LogP contribution in [0.5, 0.6) is 0 Å². The zero-order chi connectivity index (χ0) is 17.1. The van der Waals surface area contributed by atoms with Gasteiger partial charge in [0.25, 0.3) is 0 Å². The van der Waals surface area contributed by atoms with Crippen molar-refractivity contribution in [1.82, 2.24) is 25.3 Å². The molecule has 0 aliphatic heterocycles. The van der Waals surface area contributed by atoms with Gasteiger partial charge in [-0.2, -0.15) is 5.10 Å². The maximum atomic E-state index is 12.1. The number of carbonyl (C=O) groups excluding carboxylic acids is 1. The minimum atomic E-state index is -0.285. The van der Waals surface area contributed by atoms with Gasteiger partial charge >= 0.3 is 6.03 Å². The number of aromatic nitrogens is 4. The summed E-state index contributed by atoms with van der Waals surface area (Å²) in [7, 11) is 1.84. The van der Waals surface area contributed by atoms with Crippen molar-refractivity contribution in [3.8, 4) is 11.5 Å². The molecule has 0 unspecified atom stereocenters. The van der Waals surface area contributed by atoms with Crippen LogP contribution in [0.3, 0.4) is 0 Å². The van der Waals surface area contributed by atoms with Crippen molar-refractivity contribution in [3.05, 3.63) is 48.1 Å². The van der Waals surface area contributed by atoms with Crippen molar-refractivity contribution < 1.29 is 9.21 Å². The third-order valence-electron chi connectivity index (χ3n) is 3.49. The third kappa shape index (κ3) is 3.60. The Balaban J connectivity index is 1.60. The largest absolute Gasteiger partial charge is 0.421 e. The molecule has 2 aromatic heterocycles. The first-order valence-electron chi connectivity index (χ1n) is 7.48. The molecule has 2 N–H and O–H groups in total. The van der Waals surface area contributed by atoms with E-state index in [1.165, 1.54) is 0 Å². The van der Waals surface area contributed by atoms with Crippen molar-refractivity contribution in [3.63, 3.8) is 0 Å². The number of amides is 2. The Morgan fingerprint density at radius 1 is 1.25 bits per heavy atom. The normalized spacial score (nSPS) is 12.0. The van der Waals surface area contributed by atoms with Gasteiger partial charge in [-0.15, -0.1) is 10.2 Å². The van der Waals surface area contributed by atoms with Gasteiger partial charge in [0.1, 0.15) is 0 Å². The SMILES string of the molecule is Cc1nnc(-c2ccc(NC(=O)N[C@H](C)c3cnn(C)c3)cc2)o1. The molecule has 8 nitrogen and oxygen atoms in total. The molecule has 24 heavy (non-hydrogen) atoms. The number of anilines is 1. The smallest absolute Gasteiger partial charge is 0.319 e. The molecule has 0 aliphatic carbocycles. The fourth-order valence-electron chi connectivity index (χ4n) is 2.22. The molecular formula is C16H18N6O2. The van der Waals surface area contributed by atoms with E-state index in [9.17, 15) is 4.79 Å². The maximum Gasteiger partial charge on any atom is 0.319 e. The van der Waals surface area contributed by atoms with E-state index in [1.807, 2.05) is 32.3 Å². The molecule has 0 fully saturated rings. The van der Waals surface area contributed by atoms with Gasteiger partial charge in [0, 0.05) is 37.0 Å². The van der Waals surface area contributed by atoms with Crippen molar-refractivity contribution in [2.24, 2.45) is 7.05 Å². The van der Waals surface area contributed by atoms with E-state index in [1.54, 1.807) is 29.9 Å². The lowest BCUT2D eigenvalue weighted by Gasteiger charge is -2.13. The number of nitrogens with zero attached hydrogens (tertiary/aromatic N) is 4. The first-order valence-corrected chi connectivity index (χ1v) is 7.48. The van der Waals surface area contributed by atoms with Crippen molar-refractivity contribution in [2.45, 2.75) is 19.9 Å². The molecule has 124 valence electrons. The summed E-state index contributed by atoms with van der Waals surface area (Å²) in [6.07, 6.45) is 3.60. The lowest BCUT2D eigenvalue weighted by atomic mass is 10.2. The maximum absolute atomic E-state index is 12.1. The minimum absolute atomic E-state index is 0.139. The average Bonchev–Trinajstić information content (AvgIpc) is 3.16. The number of urea groups is 1. The highest BCUT2D eigenvalue weighted by Gasteiger charge is 2.11. The van der Waals surface area contributed by atoms with Crippen LogP contribution in [0.4, 0.5) is 10.5 Å². The van der Waals surface area contributed by atoms with Crippen LogP contribution in [0, 0.1) is 6.92 Å². The van der Waals surface area contributed by atoms with E-state index in [4.69, 9.17) is 4.42 Å². The molecule has 0 saturated heterocycles. The van der Waals surface area contributed by atoms with E-state index >= 15 is 0 Å². The molecule has 3 aromatic rings. The highest BCUT2D eigenvalue weighted by molar-refractivity contribution is 5.89. The molecule has 1 aromatic carbocycles. The summed E-state index contributed by atoms with van der Waals surface area (Å²) >= 11 is 0. The lowest BCUT2D eigenvalue weighted by Crippen LogP contribution is -2.30. The molecule has 3 rings (SSSR count). The summed E-state index contributed by atoms with van der Waals surface area (Å²) in [4.78, 5) is 12.1. The quantitative estimate of drug-likeness (QED) is 0.768. The molecule has 2 amide bonds. The predicted octanol–water partition coefficient (Wildman–Crippen LogP) is 2.66. The lowest BCUT2D eigenvalue weighted by molar-refractivity contribution is 0.249. The van der Waals surface area contributed by atoms with Crippen molar-refractivity contribution >= 4 is 11.7 Å². The molecule has 1 atom stereocenters. The Labute approximate surface area is 138 Å². The summed E-state index contributed by atoms with van der Waals surface area (Å²) in [5.41, 5.74) is 2.41. The highest BCUT2D eigenvalue weighted by atomic mass is 16.4. The topological polar surface area (TPSA) is 97.9 Å². The number of carbonyl (C=O) groups is 1. The Morgan fingerprint density at radius 3 is 2.58 bits per heavy atom. The summed E-state index contributed by atoms with van der Waals surface area (Å²) in [6.45, 7) is 3.64. The van der Waals surface area contributed by atoms with E-state index < -0.39 is 0 Å². The van der Waals surface area contributed by atoms with Crippen LogP contribution < -0.4 is 10.6 Å². The van der Waals surface area contributed by atoms with Crippen LogP contribution >= 0.6 is 0 Å². The van der Waals surface area contributed by atoms with Gasteiger partial charge in [0.15, 0.2) is 0 Å². The fraction of sp³-hybridized carbons (Fsp3) is 0.250. The minimum Gasteiger partial charge on any atom is -0.421 e. The Kier molecular flexibility index (Phi) is 4.28. The van der Waals surface area contributed by atoms with Crippen LogP contribution in [0.1, 0.15) is 24.4 Å². The molecule has 0 radical (unpaired) electrons. The van der Waals surface area contributed by atoms with E-state index in [0.29, 0.717) is 17.5 Å². The summed E-state index contributed by atoms with van der Waals surface area (Å²) in [5, 5.41) is 17.5. The molecule has 0 aliphatic rings. The second-order valence-electron chi connectivity index (χ2n) is 5.47. The standard InChI is InChI=1S/C16H18N6O2/c1-10(13-8-17-22(3)9-13)18-16(23)19-14-6-4-12(5-7-14)15-21-20-11(2)24-15/h4-10H,1-3H3,(H2,18,19,23)/t10-/m1/s1. The van der Waals surface area contributed by atoms with Gasteiger partial charge in [0.05, 0.1) is 12.2 Å². The van der Waals surface area contributed by atoms with Crippen LogP contribution in [-0.2, 0) is 7.05 Å². The number of aryl methyl sites for hydroxylation is 2. The van der Waals surface area contributed by atoms with Gasteiger partial charge in [-0.1, -0.05) is 0 Å². The van der Waals surface area contributed by atoms with Crippen LogP contribution in [0.15, 0.2) is 41.1 Å². The molecular weight excluding hydrogens is 308 g/mol. The zero-order valence-corrected chi connectivity index (χ0v) is 13.6. The number of nitrogens with one attached hydrogen (secondary N) is 2. The Bertz CT molecular complexity index is 836. The third-order valence-corrected chi connectivity index (χ3v) is 3.49. The predicted molar refractivity (Wildman–Crippen MR) is 88.2 cm³/mol. The van der Waals surface area contributed by atoms with Crippen molar-refractivity contribution in [1.29, 1.82) is 0 Å². The summed E-state index contributed by atoms with van der Waals surface area (Å²) in [5.74, 6) is 0.963. The first kappa shape index (κ1) is 15.7. The monoisotopic (exact) mass is 326 g/mol. The molecule has 2 heterocycles. The molecule has 0 spiro atoms. The molecule has 8 heteroatoms. The van der Waals surface area contributed by atoms with Gasteiger partial charge in [-0.25, -0.2) is 4.79 Å². The Morgan fingerprint density at radius 2 is 2.00 bits per heavy atom.